The molecule has 0 bridgehead atoms. The van der Waals surface area contributed by atoms with E-state index in [0.29, 0.717) is 0 Å². The number of hydrogen-bond acceptors (Lipinski definition) is 3. The predicted octanol–water partition coefficient (Wildman–Crippen LogP) is 2.06. The van der Waals surface area contributed by atoms with Crippen molar-refractivity contribution in [3.05, 3.63) is 24.0 Å². The molecule has 2 fully saturated rings. The first-order chi connectivity index (χ1) is 8.31. The number of hydrogen-bond donors (Lipinski definition) is 1. The zero-order valence-corrected chi connectivity index (χ0v) is 10.2. The highest BCUT2D eigenvalue weighted by Crippen LogP contribution is 2.37. The summed E-state index contributed by atoms with van der Waals surface area (Å²) in [6.07, 6.45) is 6.87. The van der Waals surface area contributed by atoms with Gasteiger partial charge in [0.25, 0.3) is 0 Å². The number of likely N-dealkylation sites (tertiary alicyclic amines) is 1. The highest BCUT2D eigenvalue weighted by molar-refractivity contribution is 5.18. The summed E-state index contributed by atoms with van der Waals surface area (Å²) in [5, 5.41) is 9.17. The third-order valence-corrected chi connectivity index (χ3v) is 4.30. The van der Waals surface area contributed by atoms with Crippen LogP contribution in [0.3, 0.4) is 0 Å². The molecule has 3 rings (SSSR count). The van der Waals surface area contributed by atoms with Gasteiger partial charge in [0, 0.05) is 31.7 Å². The fraction of sp³-hybridized carbons (Fsp3) is 0.643. The number of aromatic nitrogens is 1. The summed E-state index contributed by atoms with van der Waals surface area (Å²) in [5.41, 5.74) is 1.08. The van der Waals surface area contributed by atoms with Crippen LogP contribution in [-0.2, 0) is 6.42 Å². The normalized spacial score (nSPS) is 28.5. The van der Waals surface area contributed by atoms with Gasteiger partial charge in [-0.25, -0.2) is 0 Å². The highest BCUT2D eigenvalue weighted by Gasteiger charge is 2.35. The van der Waals surface area contributed by atoms with E-state index in [-0.39, 0.29) is 5.75 Å². The van der Waals surface area contributed by atoms with Gasteiger partial charge < -0.3 is 10.0 Å². The zero-order valence-electron chi connectivity index (χ0n) is 10.2. The van der Waals surface area contributed by atoms with Crippen molar-refractivity contribution in [3.8, 4) is 5.75 Å². The van der Waals surface area contributed by atoms with E-state index in [0.717, 1.165) is 30.5 Å². The van der Waals surface area contributed by atoms with E-state index in [4.69, 9.17) is 0 Å². The fourth-order valence-corrected chi connectivity index (χ4v) is 3.35. The molecule has 2 atom stereocenters. The second-order valence-electron chi connectivity index (χ2n) is 5.47. The summed E-state index contributed by atoms with van der Waals surface area (Å²) in [6, 6.07) is 3.65. The minimum Gasteiger partial charge on any atom is -0.506 e. The quantitative estimate of drug-likeness (QED) is 0.866. The van der Waals surface area contributed by atoms with Crippen LogP contribution < -0.4 is 0 Å². The first-order valence-corrected chi connectivity index (χ1v) is 6.67. The summed E-state index contributed by atoms with van der Waals surface area (Å²) in [4.78, 5) is 6.82. The molecule has 0 spiro atoms. The molecule has 2 heterocycles. The maximum absolute atomic E-state index is 9.17. The Balaban J connectivity index is 1.50. The molecule has 17 heavy (non-hydrogen) atoms. The van der Waals surface area contributed by atoms with Gasteiger partial charge in [0.15, 0.2) is 0 Å². The molecule has 0 radical (unpaired) electrons. The monoisotopic (exact) mass is 232 g/mol. The summed E-state index contributed by atoms with van der Waals surface area (Å²) < 4.78 is 0. The van der Waals surface area contributed by atoms with Crippen molar-refractivity contribution in [2.24, 2.45) is 11.8 Å². The Bertz CT molecular complexity index is 364. The van der Waals surface area contributed by atoms with Crippen molar-refractivity contribution in [2.45, 2.75) is 25.7 Å². The molecule has 2 aliphatic rings. The second-order valence-corrected chi connectivity index (χ2v) is 5.47. The lowest BCUT2D eigenvalue weighted by Gasteiger charge is -2.16. The van der Waals surface area contributed by atoms with E-state index in [2.05, 4.69) is 9.88 Å². The van der Waals surface area contributed by atoms with Gasteiger partial charge in [0.05, 0.1) is 6.20 Å². The SMILES string of the molecule is Oc1ccc(CCN2CC3CCCC3C2)nc1. The predicted molar refractivity (Wildman–Crippen MR) is 66.9 cm³/mol. The van der Waals surface area contributed by atoms with Gasteiger partial charge in [-0.1, -0.05) is 6.42 Å². The Morgan fingerprint density at radius 1 is 1.24 bits per heavy atom. The van der Waals surface area contributed by atoms with Crippen LogP contribution in [0, 0.1) is 11.8 Å². The fourth-order valence-electron chi connectivity index (χ4n) is 3.35. The van der Waals surface area contributed by atoms with Gasteiger partial charge >= 0.3 is 0 Å². The van der Waals surface area contributed by atoms with Gasteiger partial charge in [-0.2, -0.15) is 0 Å². The zero-order chi connectivity index (χ0) is 11.7. The van der Waals surface area contributed by atoms with Gasteiger partial charge in [0.1, 0.15) is 5.75 Å². The molecule has 1 aromatic rings. The average molecular weight is 232 g/mol. The topological polar surface area (TPSA) is 36.4 Å². The standard InChI is InChI=1S/C14H20N2O/c17-14-5-4-13(15-8-14)6-7-16-9-11-2-1-3-12(11)10-16/h4-5,8,11-12,17H,1-3,6-7,9-10H2. The van der Waals surface area contributed by atoms with Gasteiger partial charge in [-0.3, -0.25) is 4.98 Å². The van der Waals surface area contributed by atoms with E-state index in [1.54, 1.807) is 6.07 Å². The van der Waals surface area contributed by atoms with Crippen molar-refractivity contribution < 1.29 is 5.11 Å². The van der Waals surface area contributed by atoms with E-state index < -0.39 is 0 Å². The summed E-state index contributed by atoms with van der Waals surface area (Å²) in [6.45, 7) is 3.70. The van der Waals surface area contributed by atoms with Crippen LogP contribution in [0.5, 0.6) is 5.75 Å². The molecular formula is C14H20N2O. The maximum Gasteiger partial charge on any atom is 0.133 e. The lowest BCUT2D eigenvalue weighted by atomic mass is 10.0. The van der Waals surface area contributed by atoms with Crippen LogP contribution >= 0.6 is 0 Å². The number of pyridine rings is 1. The van der Waals surface area contributed by atoms with Crippen LogP contribution in [-0.4, -0.2) is 34.6 Å². The molecule has 3 nitrogen and oxygen atoms in total. The van der Waals surface area contributed by atoms with Crippen molar-refractivity contribution in [1.82, 2.24) is 9.88 Å². The lowest BCUT2D eigenvalue weighted by Crippen LogP contribution is -2.24. The van der Waals surface area contributed by atoms with Crippen LogP contribution in [0.1, 0.15) is 25.0 Å². The number of nitrogens with zero attached hydrogens (tertiary/aromatic N) is 2. The van der Waals surface area contributed by atoms with E-state index in [1.165, 1.54) is 38.5 Å². The van der Waals surface area contributed by atoms with Crippen molar-refractivity contribution in [1.29, 1.82) is 0 Å². The third kappa shape index (κ3) is 2.44. The first kappa shape index (κ1) is 11.0. The largest absolute Gasteiger partial charge is 0.506 e. The summed E-state index contributed by atoms with van der Waals surface area (Å²) in [5.74, 6) is 2.20. The molecule has 1 saturated heterocycles. The Hall–Kier alpha value is -1.09. The van der Waals surface area contributed by atoms with Gasteiger partial charge in [-0.15, -0.1) is 0 Å². The molecule has 0 amide bonds. The maximum atomic E-state index is 9.17. The number of rotatable bonds is 3. The van der Waals surface area contributed by atoms with Gasteiger partial charge in [0.2, 0.25) is 0 Å². The molecule has 1 N–H and O–H groups in total. The summed E-state index contributed by atoms with van der Waals surface area (Å²) in [7, 11) is 0. The van der Waals surface area contributed by atoms with Crippen LogP contribution in [0.2, 0.25) is 0 Å². The molecule has 1 aliphatic heterocycles. The Labute approximate surface area is 102 Å². The molecule has 3 heteroatoms. The minimum absolute atomic E-state index is 0.254. The summed E-state index contributed by atoms with van der Waals surface area (Å²) >= 11 is 0. The van der Waals surface area contributed by atoms with Crippen molar-refractivity contribution in [3.63, 3.8) is 0 Å². The van der Waals surface area contributed by atoms with E-state index >= 15 is 0 Å². The smallest absolute Gasteiger partial charge is 0.133 e. The van der Waals surface area contributed by atoms with E-state index in [1.807, 2.05) is 6.07 Å². The average Bonchev–Trinajstić information content (AvgIpc) is 2.88. The van der Waals surface area contributed by atoms with E-state index in [9.17, 15) is 5.11 Å². The Kier molecular flexibility index (Phi) is 3.02. The lowest BCUT2D eigenvalue weighted by molar-refractivity contribution is 0.314. The molecule has 2 unspecified atom stereocenters. The number of aromatic hydroxyl groups is 1. The molecular weight excluding hydrogens is 212 g/mol. The minimum atomic E-state index is 0.254. The molecule has 1 aliphatic carbocycles. The van der Waals surface area contributed by atoms with Crippen LogP contribution in [0.4, 0.5) is 0 Å². The molecule has 1 aromatic heterocycles. The highest BCUT2D eigenvalue weighted by atomic mass is 16.3. The molecule has 1 saturated carbocycles. The van der Waals surface area contributed by atoms with Gasteiger partial charge in [-0.05, 0) is 36.8 Å². The Morgan fingerprint density at radius 3 is 2.65 bits per heavy atom. The van der Waals surface area contributed by atoms with Crippen LogP contribution in [0.25, 0.3) is 0 Å². The molecule has 92 valence electrons. The van der Waals surface area contributed by atoms with Crippen LogP contribution in [0.15, 0.2) is 18.3 Å². The first-order valence-electron chi connectivity index (χ1n) is 6.67. The number of fused-ring (bicyclic) bond motifs is 1. The Morgan fingerprint density at radius 2 is 2.00 bits per heavy atom. The van der Waals surface area contributed by atoms with Crippen molar-refractivity contribution >= 4 is 0 Å². The third-order valence-electron chi connectivity index (χ3n) is 4.30. The second kappa shape index (κ2) is 4.65. The van der Waals surface area contributed by atoms with Crippen molar-refractivity contribution in [2.75, 3.05) is 19.6 Å². The molecule has 0 aromatic carbocycles.